The predicted octanol–water partition coefficient (Wildman–Crippen LogP) is 0.839. The fraction of sp³-hybridized carbons (Fsp3) is 0.133. The zero-order valence-electron chi connectivity index (χ0n) is 12.2. The van der Waals surface area contributed by atoms with Gasteiger partial charge in [-0.2, -0.15) is 10.1 Å². The van der Waals surface area contributed by atoms with E-state index in [1.807, 2.05) is 6.92 Å². The summed E-state index contributed by atoms with van der Waals surface area (Å²) in [5.74, 6) is 0.316. The number of nitrogens with zero attached hydrogens (tertiary/aromatic N) is 5. The van der Waals surface area contributed by atoms with Crippen LogP contribution in [0.1, 0.15) is 6.92 Å². The van der Waals surface area contributed by atoms with E-state index in [0.29, 0.717) is 34.3 Å². The molecule has 0 aliphatic rings. The predicted molar refractivity (Wildman–Crippen MR) is 84.7 cm³/mol. The molecular weight excluding hydrogens is 296 g/mol. The molecule has 0 unspecified atom stereocenters. The average Bonchev–Trinajstić information content (AvgIpc) is 3.09. The van der Waals surface area contributed by atoms with Crippen LogP contribution in [0.2, 0.25) is 0 Å². The van der Waals surface area contributed by atoms with Crippen molar-refractivity contribution in [2.45, 2.75) is 13.5 Å². The third-order valence-electron chi connectivity index (χ3n) is 3.79. The Morgan fingerprint density at radius 3 is 2.52 bits per heavy atom. The van der Waals surface area contributed by atoms with Crippen LogP contribution in [0.3, 0.4) is 0 Å². The summed E-state index contributed by atoms with van der Waals surface area (Å²) in [4.78, 5) is 33.5. The standard InChI is InChI=1S/C15H12N6O2/c1-2-20-5-3-11-9(13(20)22)7-10-12(18-11)4-6-21(14(10)23)15-16-8-17-19-15/h3-8H,2H2,1H3,(H,16,17,19). The third-order valence-corrected chi connectivity index (χ3v) is 3.79. The fourth-order valence-corrected chi connectivity index (χ4v) is 2.60. The number of aromatic amines is 1. The van der Waals surface area contributed by atoms with Crippen LogP contribution in [0.25, 0.3) is 27.8 Å². The van der Waals surface area contributed by atoms with Crippen molar-refractivity contribution in [1.29, 1.82) is 0 Å². The number of aryl methyl sites for hydroxylation is 1. The van der Waals surface area contributed by atoms with Crippen LogP contribution in [-0.2, 0) is 6.54 Å². The topological polar surface area (TPSA) is 98.5 Å². The van der Waals surface area contributed by atoms with E-state index in [1.165, 1.54) is 10.9 Å². The van der Waals surface area contributed by atoms with Gasteiger partial charge in [0.1, 0.15) is 6.33 Å². The average molecular weight is 308 g/mol. The summed E-state index contributed by atoms with van der Waals surface area (Å²) in [7, 11) is 0. The van der Waals surface area contributed by atoms with E-state index in [-0.39, 0.29) is 11.1 Å². The molecule has 8 nitrogen and oxygen atoms in total. The Labute approximate surface area is 129 Å². The summed E-state index contributed by atoms with van der Waals surface area (Å²) < 4.78 is 2.91. The van der Waals surface area contributed by atoms with Crippen molar-refractivity contribution in [3.8, 4) is 5.95 Å². The smallest absolute Gasteiger partial charge is 0.266 e. The van der Waals surface area contributed by atoms with Crippen molar-refractivity contribution >= 4 is 21.8 Å². The molecule has 0 aliphatic carbocycles. The lowest BCUT2D eigenvalue weighted by Crippen LogP contribution is -2.21. The number of H-pyrrole nitrogens is 1. The molecular formula is C15H12N6O2. The molecule has 4 rings (SSSR count). The van der Waals surface area contributed by atoms with E-state index in [0.717, 1.165) is 0 Å². The number of hydrogen-bond acceptors (Lipinski definition) is 5. The first kappa shape index (κ1) is 13.4. The first-order chi connectivity index (χ1) is 11.2. The van der Waals surface area contributed by atoms with Crippen LogP contribution in [0.4, 0.5) is 0 Å². The highest BCUT2D eigenvalue weighted by Crippen LogP contribution is 2.14. The van der Waals surface area contributed by atoms with Crippen LogP contribution in [0.5, 0.6) is 0 Å². The van der Waals surface area contributed by atoms with Crippen LogP contribution in [-0.4, -0.2) is 29.3 Å². The van der Waals surface area contributed by atoms with Gasteiger partial charge in [0, 0.05) is 18.9 Å². The highest BCUT2D eigenvalue weighted by molar-refractivity contribution is 5.91. The van der Waals surface area contributed by atoms with Crippen LogP contribution in [0, 0.1) is 0 Å². The highest BCUT2D eigenvalue weighted by atomic mass is 16.1. The number of nitrogens with one attached hydrogen (secondary N) is 1. The molecule has 0 atom stereocenters. The minimum atomic E-state index is -0.306. The fourth-order valence-electron chi connectivity index (χ4n) is 2.60. The van der Waals surface area contributed by atoms with Gasteiger partial charge in [0.05, 0.1) is 21.8 Å². The largest absolute Gasteiger partial charge is 0.315 e. The molecule has 0 amide bonds. The first-order valence-corrected chi connectivity index (χ1v) is 7.10. The van der Waals surface area contributed by atoms with Gasteiger partial charge >= 0.3 is 0 Å². The molecule has 0 radical (unpaired) electrons. The van der Waals surface area contributed by atoms with Gasteiger partial charge in [-0.15, -0.1) is 0 Å². The Balaban J connectivity index is 2.10. The Kier molecular flexibility index (Phi) is 2.83. The number of fused-ring (bicyclic) bond motifs is 2. The molecule has 0 fully saturated rings. The second kappa shape index (κ2) is 4.87. The minimum absolute atomic E-state index is 0.158. The molecule has 0 saturated heterocycles. The van der Waals surface area contributed by atoms with Gasteiger partial charge in [-0.1, -0.05) is 0 Å². The SMILES string of the molecule is CCn1ccc2nc3ccn(-c4ncn[nH]4)c(=O)c3cc2c1=O. The molecule has 0 spiro atoms. The maximum absolute atomic E-state index is 12.7. The minimum Gasteiger partial charge on any atom is -0.315 e. The van der Waals surface area contributed by atoms with Crippen molar-refractivity contribution in [3.63, 3.8) is 0 Å². The summed E-state index contributed by atoms with van der Waals surface area (Å²) in [5, 5.41) is 7.17. The summed E-state index contributed by atoms with van der Waals surface area (Å²) >= 11 is 0. The van der Waals surface area contributed by atoms with Crippen molar-refractivity contribution in [1.82, 2.24) is 29.3 Å². The number of hydrogen-bond donors (Lipinski definition) is 1. The van der Waals surface area contributed by atoms with Gasteiger partial charge in [-0.05, 0) is 25.1 Å². The molecule has 4 aromatic heterocycles. The quantitative estimate of drug-likeness (QED) is 0.553. The van der Waals surface area contributed by atoms with Crippen molar-refractivity contribution in [3.05, 3.63) is 57.6 Å². The zero-order chi connectivity index (χ0) is 16.0. The Morgan fingerprint density at radius 1 is 1.09 bits per heavy atom. The number of aromatic nitrogens is 6. The van der Waals surface area contributed by atoms with Crippen LogP contribution < -0.4 is 11.1 Å². The monoisotopic (exact) mass is 308 g/mol. The summed E-state index contributed by atoms with van der Waals surface area (Å²) in [6.45, 7) is 2.45. The van der Waals surface area contributed by atoms with Gasteiger partial charge in [-0.3, -0.25) is 14.2 Å². The lowest BCUT2D eigenvalue weighted by molar-refractivity contribution is 0.734. The lowest BCUT2D eigenvalue weighted by Gasteiger charge is -2.06. The number of pyridine rings is 3. The maximum Gasteiger partial charge on any atom is 0.266 e. The maximum atomic E-state index is 12.7. The van der Waals surface area contributed by atoms with E-state index in [2.05, 4.69) is 20.2 Å². The third kappa shape index (κ3) is 1.95. The Bertz CT molecular complexity index is 1140. The first-order valence-electron chi connectivity index (χ1n) is 7.10. The van der Waals surface area contributed by atoms with Crippen LogP contribution in [0.15, 0.2) is 46.5 Å². The molecule has 0 aliphatic heterocycles. The molecule has 0 saturated carbocycles. The van der Waals surface area contributed by atoms with Crippen molar-refractivity contribution in [2.24, 2.45) is 0 Å². The van der Waals surface area contributed by atoms with Gasteiger partial charge in [0.15, 0.2) is 0 Å². The molecule has 0 aromatic carbocycles. The van der Waals surface area contributed by atoms with E-state index < -0.39 is 0 Å². The molecule has 114 valence electrons. The second-order valence-electron chi connectivity index (χ2n) is 5.06. The summed E-state index contributed by atoms with van der Waals surface area (Å²) in [5.41, 5.74) is 0.643. The van der Waals surface area contributed by atoms with Crippen LogP contribution >= 0.6 is 0 Å². The Morgan fingerprint density at radius 2 is 1.83 bits per heavy atom. The normalized spacial score (nSPS) is 11.3. The Hall–Kier alpha value is -3.29. The van der Waals surface area contributed by atoms with E-state index >= 15 is 0 Å². The molecule has 0 bridgehead atoms. The molecule has 4 aromatic rings. The van der Waals surface area contributed by atoms with Gasteiger partial charge in [-0.25, -0.2) is 10.1 Å². The van der Waals surface area contributed by atoms with E-state index in [9.17, 15) is 9.59 Å². The van der Waals surface area contributed by atoms with Crippen molar-refractivity contribution in [2.75, 3.05) is 0 Å². The van der Waals surface area contributed by atoms with Gasteiger partial charge < -0.3 is 4.57 Å². The summed E-state index contributed by atoms with van der Waals surface area (Å²) in [6, 6.07) is 5.09. The van der Waals surface area contributed by atoms with Crippen molar-refractivity contribution < 1.29 is 0 Å². The lowest BCUT2D eigenvalue weighted by atomic mass is 10.2. The number of rotatable bonds is 2. The molecule has 8 heteroatoms. The highest BCUT2D eigenvalue weighted by Gasteiger charge is 2.11. The molecule has 1 N–H and O–H groups in total. The molecule has 4 heterocycles. The van der Waals surface area contributed by atoms with Gasteiger partial charge in [0.25, 0.3) is 11.1 Å². The second-order valence-corrected chi connectivity index (χ2v) is 5.06. The zero-order valence-corrected chi connectivity index (χ0v) is 12.2. The van der Waals surface area contributed by atoms with Gasteiger partial charge in [0.2, 0.25) is 5.95 Å². The molecule has 23 heavy (non-hydrogen) atoms. The van der Waals surface area contributed by atoms with E-state index in [4.69, 9.17) is 0 Å². The van der Waals surface area contributed by atoms with E-state index in [1.54, 1.807) is 35.2 Å². The summed E-state index contributed by atoms with van der Waals surface area (Å²) in [6.07, 6.45) is 4.61.